The molecule has 3 unspecified atom stereocenters. The number of aliphatic hydroxyl groups excluding tert-OH is 1. The molecule has 18 nitrogen and oxygen atoms in total. The maximum Gasteiger partial charge on any atom is 0.280 e. The second-order valence-corrected chi connectivity index (χ2v) is 10.3. The number of H-pyrrole nitrogens is 1. The van der Waals surface area contributed by atoms with E-state index < -0.39 is 54.1 Å². The lowest BCUT2D eigenvalue weighted by Crippen LogP contribution is -2.27. The molecule has 0 amide bonds. The van der Waals surface area contributed by atoms with E-state index in [2.05, 4.69) is 28.1 Å². The highest BCUT2D eigenvalue weighted by atomic mass is 31.3. The zero-order valence-electron chi connectivity index (χ0n) is 14.9. The van der Waals surface area contributed by atoms with Gasteiger partial charge in [0.2, 0.25) is 5.95 Å². The van der Waals surface area contributed by atoms with Crippen LogP contribution in [0.3, 0.4) is 0 Å². The van der Waals surface area contributed by atoms with Gasteiger partial charge in [-0.25, -0.2) is 13.6 Å². The minimum atomic E-state index is -6.05. The Kier molecular flexibility index (Phi) is 6.57. The summed E-state index contributed by atoms with van der Waals surface area (Å²) in [6.07, 6.45) is -2.59. The van der Waals surface area contributed by atoms with Crippen molar-refractivity contribution < 1.29 is 56.3 Å². The molecule has 5 N–H and O–H groups in total. The summed E-state index contributed by atoms with van der Waals surface area (Å²) < 4.78 is 50.8. The van der Waals surface area contributed by atoms with E-state index in [0.29, 0.717) is 0 Å². The molecule has 6 atom stereocenters. The smallest absolute Gasteiger partial charge is 0.280 e. The predicted octanol–water partition coefficient (Wildman–Crippen LogP) is -3.20. The molecule has 1 fully saturated rings. The van der Waals surface area contributed by atoms with Crippen molar-refractivity contribution in [1.82, 2.24) is 19.5 Å². The van der Waals surface area contributed by atoms with Crippen LogP contribution in [0.4, 0.5) is 5.95 Å². The summed E-state index contributed by atoms with van der Waals surface area (Å²) in [6, 6.07) is 0. The second kappa shape index (κ2) is 8.44. The van der Waals surface area contributed by atoms with Gasteiger partial charge in [-0.05, 0) is 0 Å². The van der Waals surface area contributed by atoms with Crippen molar-refractivity contribution in [3.05, 3.63) is 16.7 Å². The number of fused-ring (bicyclic) bond motifs is 1. The Balaban J connectivity index is 1.67. The first-order chi connectivity index (χ1) is 14.2. The summed E-state index contributed by atoms with van der Waals surface area (Å²) in [7, 11) is -17.6. The standard InChI is InChI=1S/C10H16N5O13P3/c11-10-13-8-7(9(17)14-10)12-3-15(8)6-1-4(16)5(26-6)2-25-30(21,22)28-31(23,24)27-29(18,19)20/h3-6,16H,1-2H2,(H,21,22)(H,23,24)(H2,18,19,20)(H3,11,13,14,17)/p-3/t4-,5+,6+/m0/s1. The van der Waals surface area contributed by atoms with Crippen molar-refractivity contribution in [2.75, 3.05) is 12.3 Å². The first kappa shape index (κ1) is 24.1. The van der Waals surface area contributed by atoms with Crippen LogP contribution in [0.2, 0.25) is 0 Å². The Morgan fingerprint density at radius 1 is 1.29 bits per heavy atom. The van der Waals surface area contributed by atoms with Crippen LogP contribution in [-0.2, 0) is 31.6 Å². The fourth-order valence-corrected chi connectivity index (χ4v) is 5.54. The Morgan fingerprint density at radius 2 is 1.97 bits per heavy atom. The van der Waals surface area contributed by atoms with E-state index in [0.717, 1.165) is 0 Å². The van der Waals surface area contributed by atoms with Gasteiger partial charge in [-0.3, -0.25) is 28.0 Å². The van der Waals surface area contributed by atoms with Gasteiger partial charge in [0.25, 0.3) is 29.0 Å². The number of aliphatic hydroxyl groups is 1. The molecule has 31 heavy (non-hydrogen) atoms. The van der Waals surface area contributed by atoms with E-state index in [-0.39, 0.29) is 23.5 Å². The highest BCUT2D eigenvalue weighted by Crippen LogP contribution is 2.61. The van der Waals surface area contributed by atoms with Gasteiger partial charge in [0.15, 0.2) is 11.2 Å². The number of phosphoric acid groups is 3. The number of hydrogen-bond donors (Lipinski definition) is 4. The van der Waals surface area contributed by atoms with E-state index in [1.54, 1.807) is 0 Å². The van der Waals surface area contributed by atoms with Crippen LogP contribution in [0.25, 0.3) is 11.2 Å². The average molecular weight is 504 g/mol. The van der Waals surface area contributed by atoms with E-state index in [4.69, 9.17) is 15.4 Å². The third-order valence-corrected chi connectivity index (χ3v) is 7.46. The highest BCUT2D eigenvalue weighted by molar-refractivity contribution is 7.65. The maximum atomic E-state index is 11.8. The predicted molar refractivity (Wildman–Crippen MR) is 90.3 cm³/mol. The molecule has 0 aromatic carbocycles. The van der Waals surface area contributed by atoms with E-state index in [1.165, 1.54) is 10.9 Å². The summed E-state index contributed by atoms with van der Waals surface area (Å²) in [6.45, 7) is -0.949. The quantitative estimate of drug-likeness (QED) is 0.257. The SMILES string of the molecule is Nc1nc2c(ncn2[C@H]2C[C@H](O)[C@@H](COP(=O)([O-])OP(=O)([O-])OP(=O)([O-])O)O2)c(=O)[nH]1. The first-order valence-corrected chi connectivity index (χ1v) is 12.4. The van der Waals surface area contributed by atoms with E-state index >= 15 is 0 Å². The molecule has 21 heteroatoms. The monoisotopic (exact) mass is 504 g/mol. The topological polar surface area (TPSA) is 287 Å². The lowest BCUT2D eigenvalue weighted by Gasteiger charge is -2.33. The van der Waals surface area contributed by atoms with Crippen molar-refractivity contribution >= 4 is 40.6 Å². The van der Waals surface area contributed by atoms with Crippen LogP contribution in [0.5, 0.6) is 0 Å². The van der Waals surface area contributed by atoms with Crippen molar-refractivity contribution in [2.24, 2.45) is 0 Å². The average Bonchev–Trinajstić information content (AvgIpc) is 3.13. The Hall–Kier alpha value is -1.52. The minimum absolute atomic E-state index is 0.0216. The molecule has 1 aliphatic rings. The highest BCUT2D eigenvalue weighted by Gasteiger charge is 2.37. The van der Waals surface area contributed by atoms with Crippen LogP contribution in [0.1, 0.15) is 12.6 Å². The van der Waals surface area contributed by atoms with Crippen molar-refractivity contribution in [3.8, 4) is 0 Å². The third kappa shape index (κ3) is 6.04. The molecule has 0 aliphatic carbocycles. The number of nitrogens with two attached hydrogens (primary N) is 1. The number of aromatic amines is 1. The number of nitrogens with zero attached hydrogens (tertiary/aromatic N) is 3. The van der Waals surface area contributed by atoms with Gasteiger partial charge in [-0.1, -0.05) is 0 Å². The number of nitrogens with one attached hydrogen (secondary N) is 1. The van der Waals surface area contributed by atoms with Crippen LogP contribution in [-0.4, -0.2) is 48.3 Å². The number of anilines is 1. The van der Waals surface area contributed by atoms with Crippen molar-refractivity contribution in [2.45, 2.75) is 24.9 Å². The van der Waals surface area contributed by atoms with E-state index in [1.807, 2.05) is 0 Å². The van der Waals surface area contributed by atoms with Gasteiger partial charge in [0.1, 0.15) is 12.3 Å². The van der Waals surface area contributed by atoms with Gasteiger partial charge in [-0.15, -0.1) is 0 Å². The molecule has 174 valence electrons. The van der Waals surface area contributed by atoms with Crippen LogP contribution >= 0.6 is 23.5 Å². The number of imidazole rings is 1. The molecule has 3 heterocycles. The third-order valence-electron chi connectivity index (χ3n) is 3.77. The molecule has 1 saturated heterocycles. The lowest BCUT2D eigenvalue weighted by atomic mass is 10.2. The summed E-state index contributed by atoms with van der Waals surface area (Å²) in [4.78, 5) is 63.3. The van der Waals surface area contributed by atoms with Gasteiger partial charge in [-0.2, -0.15) is 4.98 Å². The Morgan fingerprint density at radius 3 is 2.61 bits per heavy atom. The molecule has 0 bridgehead atoms. The van der Waals surface area contributed by atoms with Crippen molar-refractivity contribution in [1.29, 1.82) is 0 Å². The summed E-state index contributed by atoms with van der Waals surface area (Å²) in [5.41, 5.74) is 4.80. The molecule has 0 saturated carbocycles. The number of rotatable bonds is 8. The van der Waals surface area contributed by atoms with Crippen LogP contribution < -0.4 is 26.0 Å². The summed E-state index contributed by atoms with van der Waals surface area (Å²) in [5.74, 6) is -0.211. The Labute approximate surface area is 171 Å². The molecule has 0 radical (unpaired) electrons. The molecule has 1 aliphatic heterocycles. The molecule has 2 aromatic heterocycles. The van der Waals surface area contributed by atoms with Gasteiger partial charge < -0.3 is 39.7 Å². The largest absolute Gasteiger partial charge is 0.756 e. The molecular weight excluding hydrogens is 491 g/mol. The fraction of sp³-hybridized carbons (Fsp3) is 0.500. The molecular formula is C10H13N5O13P3-3. The number of phosphoric ester groups is 1. The first-order valence-electron chi connectivity index (χ1n) is 7.95. The normalized spacial score (nSPS) is 27.6. The number of ether oxygens (including phenoxy) is 1. The van der Waals surface area contributed by atoms with Gasteiger partial charge in [0.05, 0.1) is 19.0 Å². The van der Waals surface area contributed by atoms with Crippen molar-refractivity contribution in [3.63, 3.8) is 0 Å². The maximum absolute atomic E-state index is 11.8. The zero-order chi connectivity index (χ0) is 23.2. The lowest BCUT2D eigenvalue weighted by molar-refractivity contribution is -0.250. The van der Waals surface area contributed by atoms with Gasteiger partial charge >= 0.3 is 0 Å². The molecule has 2 aromatic rings. The van der Waals surface area contributed by atoms with Crippen LogP contribution in [0, 0.1) is 0 Å². The fourth-order valence-electron chi connectivity index (χ4n) is 2.64. The second-order valence-electron chi connectivity index (χ2n) is 6.03. The number of nitrogen functional groups attached to an aromatic ring is 1. The number of aromatic nitrogens is 4. The summed E-state index contributed by atoms with van der Waals surface area (Å²) in [5, 5.41) is 10.1. The van der Waals surface area contributed by atoms with Crippen LogP contribution in [0.15, 0.2) is 11.1 Å². The molecule has 0 spiro atoms. The zero-order valence-corrected chi connectivity index (χ0v) is 17.6. The van der Waals surface area contributed by atoms with Gasteiger partial charge in [0, 0.05) is 6.42 Å². The minimum Gasteiger partial charge on any atom is -0.756 e. The number of hydrogen-bond acceptors (Lipinski definition) is 15. The summed E-state index contributed by atoms with van der Waals surface area (Å²) >= 11 is 0. The Bertz CT molecular complexity index is 1170. The van der Waals surface area contributed by atoms with E-state index in [9.17, 15) is 38.3 Å². The molecule has 3 rings (SSSR count).